The molecule has 0 aliphatic heterocycles. The van der Waals surface area contributed by atoms with E-state index in [0.29, 0.717) is 15.6 Å². The largest absolute Gasteiger partial charge is 0.465 e. The summed E-state index contributed by atoms with van der Waals surface area (Å²) in [6, 6.07) is 10.8. The van der Waals surface area contributed by atoms with E-state index in [2.05, 4.69) is 0 Å². The Balaban J connectivity index is 2.58. The molecule has 0 fully saturated rings. The van der Waals surface area contributed by atoms with E-state index < -0.39 is 5.97 Å². The Kier molecular flexibility index (Phi) is 4.13. The maximum Gasteiger partial charge on any atom is 0.337 e. The maximum atomic E-state index is 11.6. The second-order valence-corrected chi connectivity index (χ2v) is 4.97. The van der Waals surface area contributed by atoms with Crippen LogP contribution in [0.4, 0.5) is 0 Å². The van der Waals surface area contributed by atoms with Gasteiger partial charge in [0.2, 0.25) is 0 Å². The van der Waals surface area contributed by atoms with E-state index in [-0.39, 0.29) is 0 Å². The fourth-order valence-electron chi connectivity index (χ4n) is 1.84. The number of rotatable bonds is 2. The highest BCUT2D eigenvalue weighted by atomic mass is 35.5. The lowest BCUT2D eigenvalue weighted by molar-refractivity contribution is 0.0601. The predicted molar refractivity (Wildman–Crippen MR) is 78.0 cm³/mol. The highest BCUT2D eigenvalue weighted by Crippen LogP contribution is 2.31. The van der Waals surface area contributed by atoms with Crippen molar-refractivity contribution in [2.24, 2.45) is 0 Å². The van der Waals surface area contributed by atoms with Crippen LogP contribution in [0.15, 0.2) is 36.4 Å². The number of hydrogen-bond acceptors (Lipinski definition) is 2. The van der Waals surface area contributed by atoms with Gasteiger partial charge in [0.05, 0.1) is 12.7 Å². The first-order chi connectivity index (χ1) is 9.02. The van der Waals surface area contributed by atoms with Gasteiger partial charge in [-0.15, -0.1) is 0 Å². The first-order valence-electron chi connectivity index (χ1n) is 5.67. The summed E-state index contributed by atoms with van der Waals surface area (Å²) in [5.41, 5.74) is 3.19. The molecular formula is C15H12Cl2O2. The van der Waals surface area contributed by atoms with E-state index in [1.54, 1.807) is 24.3 Å². The third-order valence-corrected chi connectivity index (χ3v) is 3.57. The maximum absolute atomic E-state index is 11.6. The molecule has 19 heavy (non-hydrogen) atoms. The number of esters is 1. The van der Waals surface area contributed by atoms with Crippen LogP contribution in [-0.4, -0.2) is 13.1 Å². The molecule has 0 unspecified atom stereocenters. The number of carbonyl (C=O) groups is 1. The van der Waals surface area contributed by atoms with Gasteiger partial charge in [0.25, 0.3) is 0 Å². The number of carbonyl (C=O) groups excluding carboxylic acids is 1. The summed E-state index contributed by atoms with van der Waals surface area (Å²) in [6.07, 6.45) is 0. The standard InChI is InChI=1S/C15H12Cl2O2/c1-9-13(10-3-5-12(16)6-4-10)7-11(8-14(9)17)15(18)19-2/h3-8H,1-2H3. The van der Waals surface area contributed by atoms with Crippen molar-refractivity contribution in [3.05, 3.63) is 57.6 Å². The van der Waals surface area contributed by atoms with Gasteiger partial charge in [0, 0.05) is 10.0 Å². The van der Waals surface area contributed by atoms with E-state index in [1.165, 1.54) is 7.11 Å². The zero-order valence-electron chi connectivity index (χ0n) is 10.5. The van der Waals surface area contributed by atoms with E-state index in [1.807, 2.05) is 19.1 Å². The van der Waals surface area contributed by atoms with Crippen molar-refractivity contribution in [3.63, 3.8) is 0 Å². The van der Waals surface area contributed by atoms with Crippen molar-refractivity contribution in [2.75, 3.05) is 7.11 Å². The minimum absolute atomic E-state index is 0.405. The Labute approximate surface area is 121 Å². The molecular weight excluding hydrogens is 283 g/mol. The van der Waals surface area contributed by atoms with Crippen LogP contribution in [0, 0.1) is 6.92 Å². The van der Waals surface area contributed by atoms with Gasteiger partial charge < -0.3 is 4.74 Å². The second kappa shape index (κ2) is 5.64. The second-order valence-electron chi connectivity index (χ2n) is 4.13. The molecule has 0 bridgehead atoms. The highest BCUT2D eigenvalue weighted by Gasteiger charge is 2.13. The third kappa shape index (κ3) is 2.91. The van der Waals surface area contributed by atoms with Crippen molar-refractivity contribution < 1.29 is 9.53 Å². The van der Waals surface area contributed by atoms with Gasteiger partial charge in [0.15, 0.2) is 0 Å². The third-order valence-electron chi connectivity index (χ3n) is 2.92. The molecule has 0 heterocycles. The first kappa shape index (κ1) is 13.9. The minimum atomic E-state index is -0.405. The fourth-order valence-corrected chi connectivity index (χ4v) is 2.19. The van der Waals surface area contributed by atoms with Gasteiger partial charge >= 0.3 is 5.97 Å². The van der Waals surface area contributed by atoms with Crippen LogP contribution in [0.2, 0.25) is 10.0 Å². The van der Waals surface area contributed by atoms with E-state index >= 15 is 0 Å². The lowest BCUT2D eigenvalue weighted by Gasteiger charge is -2.10. The summed E-state index contributed by atoms with van der Waals surface area (Å²) in [6.45, 7) is 1.91. The van der Waals surface area contributed by atoms with Gasteiger partial charge in [-0.05, 0) is 47.9 Å². The zero-order chi connectivity index (χ0) is 14.0. The summed E-state index contributed by atoms with van der Waals surface area (Å²) >= 11 is 12.0. The Morgan fingerprint density at radius 2 is 1.74 bits per heavy atom. The smallest absolute Gasteiger partial charge is 0.337 e. The Bertz CT molecular complexity index is 619. The number of ether oxygens (including phenoxy) is 1. The molecule has 0 atom stereocenters. The van der Waals surface area contributed by atoms with Crippen LogP contribution < -0.4 is 0 Å². The molecule has 0 saturated carbocycles. The van der Waals surface area contributed by atoms with Crippen LogP contribution >= 0.6 is 23.2 Å². The van der Waals surface area contributed by atoms with Crippen molar-refractivity contribution in [3.8, 4) is 11.1 Å². The monoisotopic (exact) mass is 294 g/mol. The van der Waals surface area contributed by atoms with Gasteiger partial charge in [-0.25, -0.2) is 4.79 Å². The first-order valence-corrected chi connectivity index (χ1v) is 6.43. The van der Waals surface area contributed by atoms with E-state index in [0.717, 1.165) is 16.7 Å². The van der Waals surface area contributed by atoms with Gasteiger partial charge in [-0.1, -0.05) is 35.3 Å². The van der Waals surface area contributed by atoms with Crippen LogP contribution in [0.3, 0.4) is 0 Å². The van der Waals surface area contributed by atoms with E-state index in [9.17, 15) is 4.79 Å². The molecule has 2 aromatic carbocycles. The summed E-state index contributed by atoms with van der Waals surface area (Å²) in [5, 5.41) is 1.20. The quantitative estimate of drug-likeness (QED) is 0.747. The Morgan fingerprint density at radius 1 is 1.11 bits per heavy atom. The molecule has 0 radical (unpaired) electrons. The lowest BCUT2D eigenvalue weighted by Crippen LogP contribution is -2.02. The molecule has 0 N–H and O–H groups in total. The predicted octanol–water partition coefficient (Wildman–Crippen LogP) is 4.76. The number of benzene rings is 2. The van der Waals surface area contributed by atoms with Gasteiger partial charge in [-0.2, -0.15) is 0 Å². The molecule has 0 amide bonds. The number of hydrogen-bond donors (Lipinski definition) is 0. The molecule has 0 aliphatic carbocycles. The average molecular weight is 295 g/mol. The number of halogens is 2. The molecule has 0 aliphatic rings. The molecule has 0 aromatic heterocycles. The zero-order valence-corrected chi connectivity index (χ0v) is 12.0. The van der Waals surface area contributed by atoms with Crippen LogP contribution in [0.25, 0.3) is 11.1 Å². The number of methoxy groups -OCH3 is 1. The van der Waals surface area contributed by atoms with Crippen molar-refractivity contribution in [2.45, 2.75) is 6.92 Å². The SMILES string of the molecule is COC(=O)c1cc(Cl)c(C)c(-c2ccc(Cl)cc2)c1. The van der Waals surface area contributed by atoms with E-state index in [4.69, 9.17) is 27.9 Å². The average Bonchev–Trinajstić information content (AvgIpc) is 2.42. The van der Waals surface area contributed by atoms with Crippen molar-refractivity contribution in [1.82, 2.24) is 0 Å². The normalized spacial score (nSPS) is 10.3. The van der Waals surface area contributed by atoms with Crippen molar-refractivity contribution in [1.29, 1.82) is 0 Å². The van der Waals surface area contributed by atoms with Gasteiger partial charge in [0.1, 0.15) is 0 Å². The topological polar surface area (TPSA) is 26.3 Å². The van der Waals surface area contributed by atoms with Crippen LogP contribution in [0.5, 0.6) is 0 Å². The molecule has 2 aromatic rings. The molecule has 2 nitrogen and oxygen atoms in total. The van der Waals surface area contributed by atoms with Gasteiger partial charge in [-0.3, -0.25) is 0 Å². The molecule has 4 heteroatoms. The molecule has 98 valence electrons. The summed E-state index contributed by atoms with van der Waals surface area (Å²) in [4.78, 5) is 11.6. The lowest BCUT2D eigenvalue weighted by atomic mass is 9.98. The summed E-state index contributed by atoms with van der Waals surface area (Å²) < 4.78 is 4.72. The highest BCUT2D eigenvalue weighted by molar-refractivity contribution is 6.32. The summed E-state index contributed by atoms with van der Waals surface area (Å²) in [5.74, 6) is -0.405. The molecule has 0 spiro atoms. The molecule has 2 rings (SSSR count). The minimum Gasteiger partial charge on any atom is -0.465 e. The Morgan fingerprint density at radius 3 is 2.32 bits per heavy atom. The fraction of sp³-hybridized carbons (Fsp3) is 0.133. The van der Waals surface area contributed by atoms with Crippen LogP contribution in [0.1, 0.15) is 15.9 Å². The van der Waals surface area contributed by atoms with Crippen molar-refractivity contribution >= 4 is 29.2 Å². The Hall–Kier alpha value is -1.51. The van der Waals surface area contributed by atoms with Crippen LogP contribution in [-0.2, 0) is 4.74 Å². The molecule has 0 saturated heterocycles. The summed E-state index contributed by atoms with van der Waals surface area (Å²) in [7, 11) is 1.35.